The highest BCUT2D eigenvalue weighted by Crippen LogP contribution is 2.26. The summed E-state index contributed by atoms with van der Waals surface area (Å²) in [6.07, 6.45) is 1.95. The first-order chi connectivity index (χ1) is 10.1. The van der Waals surface area contributed by atoms with E-state index in [9.17, 15) is 13.2 Å². The summed E-state index contributed by atoms with van der Waals surface area (Å²) in [4.78, 5) is 11.8. The van der Waals surface area contributed by atoms with E-state index in [0.717, 1.165) is 24.1 Å². The van der Waals surface area contributed by atoms with Gasteiger partial charge in [0, 0.05) is 38.3 Å². The van der Waals surface area contributed by atoms with Crippen molar-refractivity contribution in [2.24, 2.45) is 0 Å². The molecule has 1 aromatic carbocycles. The van der Waals surface area contributed by atoms with Crippen LogP contribution < -0.4 is 10.6 Å². The standard InChI is InChI=1S/C14H19N3O3S.ClH/c18-14-3-1-2-11-10-12(4-5-13(11)16-14)21(19,20)17-8-6-15-7-9-17;/h4-5,10,15H,1-3,6-9H2,(H,16,18);1H. The van der Waals surface area contributed by atoms with E-state index in [1.807, 2.05) is 0 Å². The van der Waals surface area contributed by atoms with Gasteiger partial charge in [-0.2, -0.15) is 4.31 Å². The lowest BCUT2D eigenvalue weighted by Crippen LogP contribution is -2.46. The molecule has 1 saturated heterocycles. The van der Waals surface area contributed by atoms with Gasteiger partial charge in [-0.3, -0.25) is 4.79 Å². The summed E-state index contributed by atoms with van der Waals surface area (Å²) in [5, 5.41) is 5.97. The molecule has 3 rings (SSSR count). The number of nitrogens with zero attached hydrogens (tertiary/aromatic N) is 1. The molecule has 1 aromatic rings. The van der Waals surface area contributed by atoms with Gasteiger partial charge in [0.25, 0.3) is 0 Å². The largest absolute Gasteiger partial charge is 0.326 e. The zero-order valence-electron chi connectivity index (χ0n) is 12.2. The van der Waals surface area contributed by atoms with Crippen molar-refractivity contribution < 1.29 is 13.2 Å². The minimum atomic E-state index is -3.44. The molecule has 0 bridgehead atoms. The number of benzene rings is 1. The maximum absolute atomic E-state index is 12.6. The van der Waals surface area contributed by atoms with Crippen LogP contribution in [-0.2, 0) is 21.2 Å². The van der Waals surface area contributed by atoms with E-state index < -0.39 is 10.0 Å². The van der Waals surface area contributed by atoms with E-state index >= 15 is 0 Å². The molecule has 1 amide bonds. The van der Waals surface area contributed by atoms with Gasteiger partial charge in [-0.15, -0.1) is 12.4 Å². The predicted octanol–water partition coefficient (Wildman–Crippen LogP) is 0.977. The van der Waals surface area contributed by atoms with Crippen molar-refractivity contribution in [2.45, 2.75) is 24.2 Å². The predicted molar refractivity (Wildman–Crippen MR) is 86.9 cm³/mol. The molecule has 2 N–H and O–H groups in total. The molecule has 1 fully saturated rings. The lowest BCUT2D eigenvalue weighted by Gasteiger charge is -2.26. The minimum absolute atomic E-state index is 0. The van der Waals surface area contributed by atoms with E-state index in [2.05, 4.69) is 10.6 Å². The van der Waals surface area contributed by atoms with Crippen LogP contribution in [0, 0.1) is 0 Å². The van der Waals surface area contributed by atoms with Crippen LogP contribution >= 0.6 is 12.4 Å². The van der Waals surface area contributed by atoms with Crippen molar-refractivity contribution in [3.63, 3.8) is 0 Å². The van der Waals surface area contributed by atoms with Gasteiger partial charge in [-0.25, -0.2) is 8.42 Å². The quantitative estimate of drug-likeness (QED) is 0.837. The van der Waals surface area contributed by atoms with Gasteiger partial charge < -0.3 is 10.6 Å². The molecule has 0 saturated carbocycles. The van der Waals surface area contributed by atoms with E-state index in [1.54, 1.807) is 18.2 Å². The molecule has 2 aliphatic heterocycles. The van der Waals surface area contributed by atoms with Gasteiger partial charge >= 0.3 is 0 Å². The number of aryl methyl sites for hydroxylation is 1. The van der Waals surface area contributed by atoms with Crippen molar-refractivity contribution in [1.29, 1.82) is 0 Å². The molecule has 0 radical (unpaired) electrons. The number of halogens is 1. The molecular formula is C14H20ClN3O3S. The Kier molecular flexibility index (Phi) is 5.44. The summed E-state index contributed by atoms with van der Waals surface area (Å²) < 4.78 is 26.8. The Bertz CT molecular complexity index is 657. The first kappa shape index (κ1) is 17.2. The lowest BCUT2D eigenvalue weighted by molar-refractivity contribution is -0.116. The summed E-state index contributed by atoms with van der Waals surface area (Å²) in [6.45, 7) is 2.35. The molecular weight excluding hydrogens is 326 g/mol. The monoisotopic (exact) mass is 345 g/mol. The zero-order chi connectivity index (χ0) is 14.9. The second-order valence-electron chi connectivity index (χ2n) is 5.37. The maximum Gasteiger partial charge on any atom is 0.243 e. The molecule has 0 atom stereocenters. The fourth-order valence-electron chi connectivity index (χ4n) is 2.75. The Morgan fingerprint density at radius 3 is 2.55 bits per heavy atom. The maximum atomic E-state index is 12.6. The molecule has 2 heterocycles. The number of piperazine rings is 1. The average molecular weight is 346 g/mol. The van der Waals surface area contributed by atoms with Crippen LogP contribution in [0.3, 0.4) is 0 Å². The van der Waals surface area contributed by atoms with Crippen LogP contribution in [0.15, 0.2) is 23.1 Å². The summed E-state index contributed by atoms with van der Waals surface area (Å²) >= 11 is 0. The van der Waals surface area contributed by atoms with Gasteiger partial charge in [0.2, 0.25) is 15.9 Å². The summed E-state index contributed by atoms with van der Waals surface area (Å²) in [6, 6.07) is 4.99. The second-order valence-corrected chi connectivity index (χ2v) is 7.31. The van der Waals surface area contributed by atoms with Gasteiger partial charge in [0.05, 0.1) is 4.90 Å². The molecule has 2 aliphatic rings. The van der Waals surface area contributed by atoms with Crippen LogP contribution in [0.2, 0.25) is 0 Å². The van der Waals surface area contributed by atoms with Crippen molar-refractivity contribution >= 4 is 34.0 Å². The highest BCUT2D eigenvalue weighted by atomic mass is 35.5. The lowest BCUT2D eigenvalue weighted by atomic mass is 10.1. The number of hydrogen-bond donors (Lipinski definition) is 2. The van der Waals surface area contributed by atoms with Crippen LogP contribution in [0.1, 0.15) is 18.4 Å². The van der Waals surface area contributed by atoms with Crippen LogP contribution in [0.5, 0.6) is 0 Å². The summed E-state index contributed by atoms with van der Waals surface area (Å²) in [5.74, 6) is -0.00791. The Balaban J connectivity index is 0.00000176. The molecule has 0 unspecified atom stereocenters. The van der Waals surface area contributed by atoms with Crippen molar-refractivity contribution in [3.05, 3.63) is 23.8 Å². The molecule has 22 heavy (non-hydrogen) atoms. The first-order valence-corrected chi connectivity index (χ1v) is 8.65. The molecule has 0 spiro atoms. The third-order valence-corrected chi connectivity index (χ3v) is 5.81. The number of amides is 1. The van der Waals surface area contributed by atoms with E-state index in [0.29, 0.717) is 37.5 Å². The Morgan fingerprint density at radius 2 is 1.82 bits per heavy atom. The smallest absolute Gasteiger partial charge is 0.243 e. The highest BCUT2D eigenvalue weighted by Gasteiger charge is 2.26. The summed E-state index contributed by atoms with van der Waals surface area (Å²) in [7, 11) is -3.44. The highest BCUT2D eigenvalue weighted by molar-refractivity contribution is 7.89. The van der Waals surface area contributed by atoms with Gasteiger partial charge in [0.15, 0.2) is 0 Å². The third kappa shape index (κ3) is 3.43. The number of anilines is 1. The van der Waals surface area contributed by atoms with Crippen molar-refractivity contribution in [2.75, 3.05) is 31.5 Å². The molecule has 0 aromatic heterocycles. The normalized spacial score (nSPS) is 19.5. The first-order valence-electron chi connectivity index (χ1n) is 7.21. The Morgan fingerprint density at radius 1 is 1.09 bits per heavy atom. The Hall–Kier alpha value is -1.15. The van der Waals surface area contributed by atoms with Crippen molar-refractivity contribution in [3.8, 4) is 0 Å². The fraction of sp³-hybridized carbons (Fsp3) is 0.500. The van der Waals surface area contributed by atoms with E-state index in [4.69, 9.17) is 0 Å². The topological polar surface area (TPSA) is 78.5 Å². The molecule has 8 heteroatoms. The number of carbonyl (C=O) groups excluding carboxylic acids is 1. The number of carbonyl (C=O) groups is 1. The molecule has 6 nitrogen and oxygen atoms in total. The SMILES string of the molecule is Cl.O=C1CCCc2cc(S(=O)(=O)N3CCNCC3)ccc2N1. The molecule has 0 aliphatic carbocycles. The number of rotatable bonds is 2. The number of nitrogens with one attached hydrogen (secondary N) is 2. The van der Waals surface area contributed by atoms with Crippen molar-refractivity contribution in [1.82, 2.24) is 9.62 Å². The van der Waals surface area contributed by atoms with Gasteiger partial charge in [-0.05, 0) is 36.6 Å². The molecule has 122 valence electrons. The van der Waals surface area contributed by atoms with Crippen LogP contribution in [0.25, 0.3) is 0 Å². The number of hydrogen-bond acceptors (Lipinski definition) is 4. The van der Waals surface area contributed by atoms with E-state index in [-0.39, 0.29) is 18.3 Å². The zero-order valence-corrected chi connectivity index (χ0v) is 13.8. The van der Waals surface area contributed by atoms with Crippen LogP contribution in [-0.4, -0.2) is 44.8 Å². The van der Waals surface area contributed by atoms with Crippen LogP contribution in [0.4, 0.5) is 5.69 Å². The van der Waals surface area contributed by atoms with E-state index in [1.165, 1.54) is 4.31 Å². The third-order valence-electron chi connectivity index (χ3n) is 3.91. The van der Waals surface area contributed by atoms with Gasteiger partial charge in [-0.1, -0.05) is 0 Å². The van der Waals surface area contributed by atoms with Gasteiger partial charge in [0.1, 0.15) is 0 Å². The number of fused-ring (bicyclic) bond motifs is 1. The summed E-state index contributed by atoms with van der Waals surface area (Å²) in [5.41, 5.74) is 1.63. The number of sulfonamides is 1. The second kappa shape index (κ2) is 6.95. The minimum Gasteiger partial charge on any atom is -0.326 e. The fourth-order valence-corrected chi connectivity index (χ4v) is 4.24. The Labute approximate surface area is 136 Å². The average Bonchev–Trinajstić information content (AvgIpc) is 2.68.